The highest BCUT2D eigenvalue weighted by Gasteiger charge is 2.26. The molecular formula is C84H64N4O3S5+4. The van der Waals surface area contributed by atoms with Crippen LogP contribution >= 0.6 is 56.7 Å². The maximum atomic E-state index is 6.36. The molecule has 0 aliphatic rings. The van der Waals surface area contributed by atoms with Gasteiger partial charge < -0.3 is 13.3 Å². The van der Waals surface area contributed by atoms with Gasteiger partial charge in [0.2, 0.25) is 22.8 Å². The quantitative estimate of drug-likeness (QED) is 0.165. The maximum Gasteiger partial charge on any atom is 0.216 e. The van der Waals surface area contributed by atoms with Crippen molar-refractivity contribution in [3.63, 3.8) is 0 Å². The van der Waals surface area contributed by atoms with Crippen molar-refractivity contribution in [2.75, 3.05) is 0 Å². The molecule has 96 heavy (non-hydrogen) atoms. The minimum atomic E-state index is 0.966. The molecule has 0 radical (unpaired) electrons. The molecule has 0 atom stereocenters. The number of rotatable bonds is 4. The fraction of sp³-hybridized carbons (Fsp3) is 0.0952. The van der Waals surface area contributed by atoms with Crippen LogP contribution in [0.3, 0.4) is 0 Å². The number of hydrogen-bond donors (Lipinski definition) is 0. The van der Waals surface area contributed by atoms with Gasteiger partial charge in [0.05, 0.1) is 45.8 Å². The lowest BCUT2D eigenvalue weighted by molar-refractivity contribution is -0.660. The highest BCUT2D eigenvalue weighted by Crippen LogP contribution is 2.49. The van der Waals surface area contributed by atoms with Crippen LogP contribution in [0, 0.1) is 27.7 Å². The van der Waals surface area contributed by atoms with Crippen LogP contribution in [-0.4, -0.2) is 0 Å². The van der Waals surface area contributed by atoms with Crippen LogP contribution in [-0.2, 0) is 28.2 Å². The maximum absolute atomic E-state index is 6.36. The lowest BCUT2D eigenvalue weighted by atomic mass is 10.0. The van der Waals surface area contributed by atoms with E-state index in [0.717, 1.165) is 32.1 Å². The van der Waals surface area contributed by atoms with Crippen LogP contribution in [0.5, 0.6) is 0 Å². The monoisotopic (exact) mass is 1340 g/mol. The van der Waals surface area contributed by atoms with Crippen molar-refractivity contribution in [3.05, 3.63) is 265 Å². The van der Waals surface area contributed by atoms with Crippen LogP contribution in [0.1, 0.15) is 22.3 Å². The fourth-order valence-corrected chi connectivity index (χ4v) is 20.4. The Labute approximate surface area is 573 Å². The van der Waals surface area contributed by atoms with E-state index in [2.05, 4.69) is 287 Å². The van der Waals surface area contributed by atoms with Gasteiger partial charge in [-0.1, -0.05) is 120 Å². The summed E-state index contributed by atoms with van der Waals surface area (Å²) in [6.07, 6.45) is 8.38. The van der Waals surface area contributed by atoms with E-state index < -0.39 is 0 Å². The van der Waals surface area contributed by atoms with E-state index in [4.69, 9.17) is 13.3 Å². The Balaban J connectivity index is 0.0000000968. The molecule has 8 aromatic carbocycles. The van der Waals surface area contributed by atoms with E-state index in [1.807, 2.05) is 64.3 Å². The van der Waals surface area contributed by atoms with Gasteiger partial charge in [0.1, 0.15) is 39.4 Å². The third-order valence-corrected chi connectivity index (χ3v) is 24.7. The second-order valence-electron chi connectivity index (χ2n) is 24.8. The number of fused-ring (bicyclic) bond motifs is 20. The van der Waals surface area contributed by atoms with Crippen LogP contribution in [0.4, 0.5) is 0 Å². The molecule has 0 amide bonds. The predicted molar refractivity (Wildman–Crippen MR) is 407 cm³/mol. The van der Waals surface area contributed by atoms with Gasteiger partial charge in [-0.2, -0.15) is 0 Å². The second-order valence-corrected chi connectivity index (χ2v) is 29.9. The number of aryl methyl sites for hydroxylation is 8. The van der Waals surface area contributed by atoms with Gasteiger partial charge in [-0.3, -0.25) is 0 Å². The standard InChI is InChI=1S/3C21H16NOS.C21H16NS2/c1-13-10-11-15-19-21(14-7-3-4-9-17(14)23-19)24-20(15)18(13)16-8-5-6-12-22(16)2;1-13-10-11-15-19-14-7-3-4-9-17(14)24-21(19)23-20(15)18(13)16-8-5-6-12-22(16)2;1-13-10-11-15-19-14-7-3-4-9-17(14)23-21(19)24-20(15)18(13)16-8-5-6-12-22(16)2;1-13-11-16-19(12-15(13)17-8-5-6-10-22(17)2)24-20-14-7-3-4-9-18(14)23-21(16)20/h4*3-12H,1-2H3/q4*+1. The molecule has 12 heterocycles. The minimum absolute atomic E-state index is 0.966. The van der Waals surface area contributed by atoms with E-state index in [1.54, 1.807) is 22.7 Å². The van der Waals surface area contributed by atoms with Crippen LogP contribution in [0.15, 0.2) is 256 Å². The number of hydrogen-bond acceptors (Lipinski definition) is 8. The number of benzene rings is 8. The molecule has 12 heteroatoms. The Morgan fingerprint density at radius 1 is 0.271 bits per heavy atom. The summed E-state index contributed by atoms with van der Waals surface area (Å²) in [5, 5.41) is 12.6. The number of furan rings is 3. The Morgan fingerprint density at radius 3 is 1.36 bits per heavy atom. The van der Waals surface area contributed by atoms with Crippen molar-refractivity contribution in [2.24, 2.45) is 28.2 Å². The summed E-state index contributed by atoms with van der Waals surface area (Å²) in [6.45, 7) is 8.73. The summed E-state index contributed by atoms with van der Waals surface area (Å²) >= 11 is 9.15. The third kappa shape index (κ3) is 9.91. The summed E-state index contributed by atoms with van der Waals surface area (Å²) in [7, 11) is 8.38. The fourth-order valence-electron chi connectivity index (χ4n) is 14.0. The van der Waals surface area contributed by atoms with Crippen molar-refractivity contribution in [1.29, 1.82) is 0 Å². The van der Waals surface area contributed by atoms with E-state index in [1.165, 1.54) is 159 Å². The van der Waals surface area contributed by atoms with Crippen molar-refractivity contribution in [3.8, 4) is 45.0 Å². The molecule has 20 rings (SSSR count). The zero-order chi connectivity index (χ0) is 65.0. The zero-order valence-corrected chi connectivity index (χ0v) is 58.2. The van der Waals surface area contributed by atoms with Crippen LogP contribution in [0.25, 0.3) is 169 Å². The zero-order valence-electron chi connectivity index (χ0n) is 54.1. The SMILES string of the molecule is Cc1cc2c(cc1-c1cccc[n+]1C)sc1c3ccccc3sc21.Cc1ccc2c(oc3sc4ccccc4c32)c1-c1cccc[n+]1C.Cc1ccc2c(sc3c4ccccc4oc23)c1-c1cccc[n+]1C.Cc1ccc2c(sc3oc4ccccc4c32)c1-c1cccc[n+]1C. The average Bonchev–Trinajstić information content (AvgIpc) is 1.60. The molecular weight excluding hydrogens is 1270 g/mol. The Bertz CT molecular complexity index is 6200. The van der Waals surface area contributed by atoms with E-state index in [0.29, 0.717) is 0 Å². The number of aromatic nitrogens is 4. The first-order valence-electron chi connectivity index (χ1n) is 32.1. The molecule has 7 nitrogen and oxygen atoms in total. The number of pyridine rings is 4. The lowest BCUT2D eigenvalue weighted by Crippen LogP contribution is -2.30. The highest BCUT2D eigenvalue weighted by molar-refractivity contribution is 7.36. The molecule has 12 aromatic heterocycles. The Kier molecular flexibility index (Phi) is 14.8. The number of thiophene rings is 5. The Hall–Kier alpha value is -10.2. The molecule has 0 aliphatic heterocycles. The van der Waals surface area contributed by atoms with Crippen LogP contribution in [0.2, 0.25) is 0 Å². The molecule has 0 aliphatic carbocycles. The first kappa shape index (κ1) is 59.6. The van der Waals surface area contributed by atoms with Gasteiger partial charge in [0.25, 0.3) is 0 Å². The summed E-state index contributed by atoms with van der Waals surface area (Å²) in [6, 6.07) is 77.2. The molecule has 0 unspecified atom stereocenters. The first-order chi connectivity index (χ1) is 46.9. The Morgan fingerprint density at radius 2 is 0.729 bits per heavy atom. The summed E-state index contributed by atoms with van der Waals surface area (Å²) in [5.74, 6) is 0. The number of para-hydroxylation sites is 2. The molecule has 0 saturated carbocycles. The number of nitrogens with zero attached hydrogens (tertiary/aromatic N) is 4. The van der Waals surface area contributed by atoms with Gasteiger partial charge >= 0.3 is 0 Å². The molecule has 0 fully saturated rings. The third-order valence-electron chi connectivity index (χ3n) is 18.7. The van der Waals surface area contributed by atoms with Gasteiger partial charge in [0, 0.05) is 116 Å². The molecule has 0 N–H and O–H groups in total. The van der Waals surface area contributed by atoms with Gasteiger partial charge in [-0.15, -0.1) is 34.0 Å². The van der Waals surface area contributed by atoms with Crippen LogP contribution < -0.4 is 18.3 Å². The smallest absolute Gasteiger partial charge is 0.216 e. The molecule has 0 bridgehead atoms. The minimum Gasteiger partial charge on any atom is -0.454 e. The van der Waals surface area contributed by atoms with E-state index in [9.17, 15) is 0 Å². The van der Waals surface area contributed by atoms with Crippen molar-refractivity contribution in [2.45, 2.75) is 27.7 Å². The van der Waals surface area contributed by atoms with Gasteiger partial charge in [-0.25, -0.2) is 18.3 Å². The van der Waals surface area contributed by atoms with Crippen molar-refractivity contribution in [1.82, 2.24) is 0 Å². The average molecular weight is 1340 g/mol. The largest absolute Gasteiger partial charge is 0.454 e. The molecule has 0 saturated heterocycles. The highest BCUT2D eigenvalue weighted by atomic mass is 32.1. The van der Waals surface area contributed by atoms with Gasteiger partial charge in [0.15, 0.2) is 45.7 Å². The molecule has 0 spiro atoms. The summed E-state index contributed by atoms with van der Waals surface area (Å²) in [4.78, 5) is 2.02. The van der Waals surface area contributed by atoms with Crippen molar-refractivity contribution < 1.29 is 31.5 Å². The summed E-state index contributed by atoms with van der Waals surface area (Å²) < 4.78 is 38.1. The molecule has 20 aromatic rings. The molecule has 464 valence electrons. The van der Waals surface area contributed by atoms with Crippen molar-refractivity contribution >= 4 is 180 Å². The predicted octanol–water partition coefficient (Wildman–Crippen LogP) is 22.9. The van der Waals surface area contributed by atoms with Gasteiger partial charge in [-0.05, 0) is 123 Å². The van der Waals surface area contributed by atoms with E-state index in [-0.39, 0.29) is 0 Å². The topological polar surface area (TPSA) is 54.9 Å². The lowest BCUT2D eigenvalue weighted by Gasteiger charge is -2.06. The first-order valence-corrected chi connectivity index (χ1v) is 36.2. The summed E-state index contributed by atoms with van der Waals surface area (Å²) in [5.41, 5.74) is 19.1. The normalized spacial score (nSPS) is 11.8. The second kappa shape index (κ2) is 23.9. The van der Waals surface area contributed by atoms with E-state index >= 15 is 0 Å².